The van der Waals surface area contributed by atoms with E-state index in [1.165, 1.54) is 24.0 Å². The molecule has 2 heterocycles. The molecule has 0 radical (unpaired) electrons. The molecule has 2 aromatic carbocycles. The summed E-state index contributed by atoms with van der Waals surface area (Å²) in [5.74, 6) is -0.667. The van der Waals surface area contributed by atoms with Crippen LogP contribution in [-0.2, 0) is 6.54 Å². The van der Waals surface area contributed by atoms with Crippen LogP contribution >= 0.6 is 0 Å². The highest BCUT2D eigenvalue weighted by atomic mass is 19.1. The van der Waals surface area contributed by atoms with E-state index in [1.807, 2.05) is 12.1 Å². The fourth-order valence-corrected chi connectivity index (χ4v) is 3.76. The molecule has 7 heteroatoms. The number of benzene rings is 2. The summed E-state index contributed by atoms with van der Waals surface area (Å²) >= 11 is 0. The number of urea groups is 1. The van der Waals surface area contributed by atoms with E-state index < -0.39 is 11.9 Å². The molecule has 0 atom stereocenters. The molecule has 4 rings (SSSR count). The topological polar surface area (TPSA) is 74.3 Å². The number of nitrogens with one attached hydrogen (secondary N) is 2. The van der Waals surface area contributed by atoms with Gasteiger partial charge in [0.25, 0.3) is 5.91 Å². The van der Waals surface area contributed by atoms with E-state index in [2.05, 4.69) is 26.6 Å². The van der Waals surface area contributed by atoms with Crippen molar-refractivity contribution in [2.45, 2.75) is 25.4 Å². The normalized spacial score (nSPS) is 15.1. The second-order valence-corrected chi connectivity index (χ2v) is 7.54. The summed E-state index contributed by atoms with van der Waals surface area (Å²) in [6.45, 7) is 2.52. The fraction of sp³-hybridized carbons (Fsp3) is 0.261. The second kappa shape index (κ2) is 9.00. The van der Waals surface area contributed by atoms with Gasteiger partial charge in [0.15, 0.2) is 0 Å². The van der Waals surface area contributed by atoms with Gasteiger partial charge in [-0.3, -0.25) is 20.0 Å². The summed E-state index contributed by atoms with van der Waals surface area (Å²) in [5.41, 5.74) is 1.58. The van der Waals surface area contributed by atoms with E-state index in [-0.39, 0.29) is 11.9 Å². The van der Waals surface area contributed by atoms with Gasteiger partial charge in [-0.15, -0.1) is 0 Å². The van der Waals surface area contributed by atoms with Crippen molar-refractivity contribution in [1.82, 2.24) is 20.5 Å². The van der Waals surface area contributed by atoms with Gasteiger partial charge in [-0.05, 0) is 59.5 Å². The lowest BCUT2D eigenvalue weighted by Crippen LogP contribution is -2.49. The number of amides is 3. The third kappa shape index (κ3) is 4.99. The SMILES string of the molecule is O=C(NC(=O)c1ccncc1)NC1CCN(Cc2ccc3cc(F)ccc3c2)CC1. The van der Waals surface area contributed by atoms with E-state index in [9.17, 15) is 14.0 Å². The van der Waals surface area contributed by atoms with Crippen molar-refractivity contribution < 1.29 is 14.0 Å². The predicted octanol–water partition coefficient (Wildman–Crippen LogP) is 3.48. The van der Waals surface area contributed by atoms with Crippen molar-refractivity contribution in [3.63, 3.8) is 0 Å². The standard InChI is InChI=1S/C23H23FN4O2/c24-20-4-3-18-13-16(1-2-19(18)14-20)15-28-11-7-21(8-12-28)26-23(30)27-22(29)17-5-9-25-10-6-17/h1-6,9-10,13-14,21H,7-8,11-12,15H2,(H2,26,27,29,30). The molecule has 0 bridgehead atoms. The van der Waals surface area contributed by atoms with Crippen molar-refractivity contribution in [1.29, 1.82) is 0 Å². The van der Waals surface area contributed by atoms with Gasteiger partial charge < -0.3 is 5.32 Å². The maximum atomic E-state index is 13.3. The number of hydrogen-bond donors (Lipinski definition) is 2. The number of pyridine rings is 1. The largest absolute Gasteiger partial charge is 0.335 e. The van der Waals surface area contributed by atoms with E-state index >= 15 is 0 Å². The summed E-state index contributed by atoms with van der Waals surface area (Å²) < 4.78 is 13.3. The van der Waals surface area contributed by atoms with Crippen molar-refractivity contribution >= 4 is 22.7 Å². The Hall–Kier alpha value is -3.32. The van der Waals surface area contributed by atoms with Crippen LogP contribution in [0.1, 0.15) is 28.8 Å². The Morgan fingerprint density at radius 3 is 2.47 bits per heavy atom. The number of carbonyl (C=O) groups excluding carboxylic acids is 2. The van der Waals surface area contributed by atoms with Crippen molar-refractivity contribution in [2.75, 3.05) is 13.1 Å². The predicted molar refractivity (Wildman–Crippen MR) is 112 cm³/mol. The average molecular weight is 406 g/mol. The molecule has 1 aromatic heterocycles. The minimum absolute atomic E-state index is 0.0334. The molecule has 3 amide bonds. The van der Waals surface area contributed by atoms with Crippen LogP contribution in [0.5, 0.6) is 0 Å². The number of nitrogens with zero attached hydrogens (tertiary/aromatic N) is 2. The summed E-state index contributed by atoms with van der Waals surface area (Å²) in [6, 6.07) is 13.6. The Morgan fingerprint density at radius 2 is 1.70 bits per heavy atom. The van der Waals surface area contributed by atoms with Gasteiger partial charge in [-0.2, -0.15) is 0 Å². The molecule has 2 N–H and O–H groups in total. The lowest BCUT2D eigenvalue weighted by atomic mass is 10.0. The van der Waals surface area contributed by atoms with Crippen LogP contribution in [0.15, 0.2) is 60.9 Å². The summed E-state index contributed by atoms with van der Waals surface area (Å²) in [4.78, 5) is 30.3. The molecule has 1 aliphatic rings. The minimum Gasteiger partial charge on any atom is -0.335 e. The van der Waals surface area contributed by atoms with E-state index in [4.69, 9.17) is 0 Å². The summed E-state index contributed by atoms with van der Waals surface area (Å²) in [6.07, 6.45) is 4.65. The third-order valence-electron chi connectivity index (χ3n) is 5.37. The zero-order valence-electron chi connectivity index (χ0n) is 16.5. The molecule has 1 fully saturated rings. The highest BCUT2D eigenvalue weighted by Crippen LogP contribution is 2.20. The third-order valence-corrected chi connectivity index (χ3v) is 5.37. The lowest BCUT2D eigenvalue weighted by molar-refractivity contribution is 0.0961. The maximum absolute atomic E-state index is 13.3. The molecule has 0 saturated carbocycles. The summed E-state index contributed by atoms with van der Waals surface area (Å²) in [7, 11) is 0. The number of halogens is 1. The molecule has 6 nitrogen and oxygen atoms in total. The lowest BCUT2D eigenvalue weighted by Gasteiger charge is -2.32. The number of imide groups is 1. The second-order valence-electron chi connectivity index (χ2n) is 7.54. The zero-order chi connectivity index (χ0) is 20.9. The molecule has 1 saturated heterocycles. The first-order valence-corrected chi connectivity index (χ1v) is 9.99. The molecule has 1 aliphatic heterocycles. The van der Waals surface area contributed by atoms with Crippen molar-refractivity contribution in [2.24, 2.45) is 0 Å². The first kappa shape index (κ1) is 20.0. The van der Waals surface area contributed by atoms with Crippen LogP contribution in [-0.4, -0.2) is 41.0 Å². The van der Waals surface area contributed by atoms with Crippen LogP contribution in [0.4, 0.5) is 9.18 Å². The summed E-state index contributed by atoms with van der Waals surface area (Å²) in [5, 5.41) is 7.17. The first-order chi connectivity index (χ1) is 14.6. The Labute approximate surface area is 174 Å². The van der Waals surface area contributed by atoms with Gasteiger partial charge in [0.05, 0.1) is 0 Å². The van der Waals surface area contributed by atoms with Crippen LogP contribution in [0.3, 0.4) is 0 Å². The van der Waals surface area contributed by atoms with Gasteiger partial charge >= 0.3 is 6.03 Å². The molecule has 0 aliphatic carbocycles. The number of piperidine rings is 1. The molecular formula is C23H23FN4O2. The number of aromatic nitrogens is 1. The Bertz CT molecular complexity index is 1050. The fourth-order valence-electron chi connectivity index (χ4n) is 3.76. The molecule has 154 valence electrons. The van der Waals surface area contributed by atoms with Crippen LogP contribution < -0.4 is 10.6 Å². The number of fused-ring (bicyclic) bond motifs is 1. The highest BCUT2D eigenvalue weighted by Gasteiger charge is 2.21. The maximum Gasteiger partial charge on any atom is 0.321 e. The minimum atomic E-state index is -0.475. The monoisotopic (exact) mass is 406 g/mol. The molecular weight excluding hydrogens is 383 g/mol. The number of rotatable bonds is 4. The number of likely N-dealkylation sites (tertiary alicyclic amines) is 1. The quantitative estimate of drug-likeness (QED) is 0.696. The average Bonchev–Trinajstić information content (AvgIpc) is 2.76. The first-order valence-electron chi connectivity index (χ1n) is 9.99. The van der Waals surface area contributed by atoms with Crippen molar-refractivity contribution in [3.8, 4) is 0 Å². The molecule has 3 aromatic rings. The van der Waals surface area contributed by atoms with E-state index in [1.54, 1.807) is 24.3 Å². The van der Waals surface area contributed by atoms with E-state index in [0.29, 0.717) is 5.56 Å². The molecule has 0 unspecified atom stereocenters. The van der Waals surface area contributed by atoms with E-state index in [0.717, 1.165) is 43.2 Å². The van der Waals surface area contributed by atoms with Crippen LogP contribution in [0.25, 0.3) is 10.8 Å². The van der Waals surface area contributed by atoms with Crippen molar-refractivity contribution in [3.05, 3.63) is 77.9 Å². The zero-order valence-corrected chi connectivity index (χ0v) is 16.5. The number of hydrogen-bond acceptors (Lipinski definition) is 4. The Morgan fingerprint density at radius 1 is 1.00 bits per heavy atom. The van der Waals surface area contributed by atoms with Gasteiger partial charge in [0.1, 0.15) is 5.82 Å². The molecule has 30 heavy (non-hydrogen) atoms. The van der Waals surface area contributed by atoms with Gasteiger partial charge in [0.2, 0.25) is 0 Å². The van der Waals surface area contributed by atoms with Gasteiger partial charge in [0, 0.05) is 43.6 Å². The number of carbonyl (C=O) groups is 2. The van der Waals surface area contributed by atoms with Crippen LogP contribution in [0, 0.1) is 5.82 Å². The highest BCUT2D eigenvalue weighted by molar-refractivity contribution is 6.04. The smallest absolute Gasteiger partial charge is 0.321 e. The van der Waals surface area contributed by atoms with Gasteiger partial charge in [-0.25, -0.2) is 9.18 Å². The van der Waals surface area contributed by atoms with Crippen LogP contribution in [0.2, 0.25) is 0 Å². The Balaban J connectivity index is 1.25. The Kier molecular flexibility index (Phi) is 5.99. The van der Waals surface area contributed by atoms with Gasteiger partial charge in [-0.1, -0.05) is 18.2 Å². The molecule has 0 spiro atoms.